The molecular formula is C26H36Co3N7O13-. The van der Waals surface area contributed by atoms with Gasteiger partial charge < -0.3 is 42.7 Å². The summed E-state index contributed by atoms with van der Waals surface area (Å²) in [6, 6.07) is 3.58. The molecule has 0 aromatic heterocycles. The Labute approximate surface area is 310 Å². The monoisotopic (exact) mass is 831 g/mol. The van der Waals surface area contributed by atoms with E-state index < -0.39 is 55.0 Å². The van der Waals surface area contributed by atoms with E-state index in [-0.39, 0.29) is 84.2 Å². The average molecular weight is 831 g/mol. The van der Waals surface area contributed by atoms with Gasteiger partial charge in [-0.05, 0) is 19.8 Å². The maximum absolute atomic E-state index is 10.6. The van der Waals surface area contributed by atoms with Crippen LogP contribution in [0.25, 0.3) is 16.8 Å². The number of nitro groups is 4. The molecule has 4 rings (SSSR count). The number of hydrogen-bond acceptors (Lipinski definition) is 12. The molecule has 0 aliphatic carbocycles. The van der Waals surface area contributed by atoms with Crippen molar-refractivity contribution in [3.63, 3.8) is 0 Å². The Morgan fingerprint density at radius 1 is 0.673 bits per heavy atom. The van der Waals surface area contributed by atoms with E-state index in [0.717, 1.165) is 56.4 Å². The molecule has 1 fully saturated rings. The van der Waals surface area contributed by atoms with Gasteiger partial charge in [-0.25, -0.2) is 0 Å². The summed E-state index contributed by atoms with van der Waals surface area (Å²) in [5, 5.41) is 86.4. The van der Waals surface area contributed by atoms with Crippen LogP contribution < -0.4 is 0 Å². The first kappa shape index (κ1) is 52.8. The molecule has 0 bridgehead atoms. The van der Waals surface area contributed by atoms with Gasteiger partial charge in [-0.15, -0.1) is 32.3 Å². The number of aliphatic hydroxyl groups excluding tert-OH is 2. The maximum Gasteiger partial charge on any atom is 2.00 e. The maximum atomic E-state index is 10.6. The molecule has 49 heavy (non-hydrogen) atoms. The second-order valence-electron chi connectivity index (χ2n) is 9.75. The summed E-state index contributed by atoms with van der Waals surface area (Å²) >= 11 is 0. The van der Waals surface area contributed by atoms with Gasteiger partial charge >= 0.3 is 16.8 Å². The van der Waals surface area contributed by atoms with Crippen molar-refractivity contribution in [1.82, 2.24) is 0 Å². The second-order valence-corrected chi connectivity index (χ2v) is 9.75. The van der Waals surface area contributed by atoms with Crippen LogP contribution >= 0.6 is 0 Å². The van der Waals surface area contributed by atoms with Crippen LogP contribution in [0, 0.1) is 60.2 Å². The number of rotatable bonds is 7. The first-order valence-corrected chi connectivity index (χ1v) is 13.2. The molecule has 2 aromatic carbocycles. The molecule has 281 valence electrons. The number of piperidine rings is 1. The summed E-state index contributed by atoms with van der Waals surface area (Å²) in [6.07, 6.45) is 2.14. The van der Waals surface area contributed by atoms with E-state index >= 15 is 0 Å². The van der Waals surface area contributed by atoms with Crippen molar-refractivity contribution in [2.24, 2.45) is 5.92 Å². The van der Waals surface area contributed by atoms with E-state index in [1.54, 1.807) is 5.57 Å². The van der Waals surface area contributed by atoms with Gasteiger partial charge in [0.05, 0.1) is 19.7 Å². The van der Waals surface area contributed by atoms with Crippen LogP contribution in [-0.4, -0.2) is 71.8 Å². The minimum Gasteiger partial charge on any atom is -0.693 e. The van der Waals surface area contributed by atoms with E-state index in [0.29, 0.717) is 0 Å². The predicted octanol–water partition coefficient (Wildman–Crippen LogP) is 3.95. The summed E-state index contributed by atoms with van der Waals surface area (Å²) in [5.74, 6) is 0.845. The van der Waals surface area contributed by atoms with Crippen molar-refractivity contribution in [3.05, 3.63) is 115 Å². The van der Waals surface area contributed by atoms with E-state index in [2.05, 4.69) is 16.7 Å². The third-order valence-corrected chi connectivity index (χ3v) is 6.97. The first-order chi connectivity index (χ1) is 20.6. The number of hydrogen-bond donors (Lipinski definition) is 4. The Hall–Kier alpha value is -3.02. The van der Waals surface area contributed by atoms with Crippen molar-refractivity contribution >= 4 is 22.7 Å². The minimum atomic E-state index is -1.99. The van der Waals surface area contributed by atoms with Gasteiger partial charge in [0.1, 0.15) is 11.1 Å². The fourth-order valence-electron chi connectivity index (χ4n) is 4.54. The van der Waals surface area contributed by atoms with Gasteiger partial charge in [-0.1, -0.05) is 24.8 Å². The quantitative estimate of drug-likeness (QED) is 0.133. The number of aliphatic hydroxyl groups is 4. The fraction of sp³-hybridized carbons (Fsp3) is 0.462. The van der Waals surface area contributed by atoms with Gasteiger partial charge in [-0.2, -0.15) is 0 Å². The Morgan fingerprint density at radius 3 is 1.24 bits per heavy atom. The standard InChI is InChI=1S/C10H16N2.2C8H8N2O6.3Co.H2N.H2O/c1-5-11-6-2-9(1)10-3-7-12-8-4-10;2*1-4-6(9(13)14)2-5(8(11)12)3-7(4)10(15)16;;;;;/h1,10H,2-8H2;2*2-3,8,11-12H,1H3;;;;2*1H2/q-2;;;;;+2;-1;. The molecule has 0 amide bonds. The molecule has 3 radical (unpaired) electrons. The fourth-order valence-corrected chi connectivity index (χ4v) is 4.54. The Kier molecular flexibility index (Phi) is 26.9. The first-order valence-electron chi connectivity index (χ1n) is 13.2. The van der Waals surface area contributed by atoms with Crippen LogP contribution in [0.15, 0.2) is 35.9 Å². The van der Waals surface area contributed by atoms with Crippen molar-refractivity contribution in [3.8, 4) is 0 Å². The van der Waals surface area contributed by atoms with Gasteiger partial charge in [0.15, 0.2) is 12.6 Å². The third-order valence-electron chi connectivity index (χ3n) is 6.97. The topological polar surface area (TPSA) is 347 Å². The summed E-state index contributed by atoms with van der Waals surface area (Å²) < 4.78 is 0. The molecule has 0 atom stereocenters. The molecule has 1 saturated heterocycles. The van der Waals surface area contributed by atoms with Crippen LogP contribution in [0.3, 0.4) is 0 Å². The normalized spacial score (nSPS) is 13.4. The molecule has 23 heteroatoms. The summed E-state index contributed by atoms with van der Waals surface area (Å²) in [4.78, 5) is 39.1. The summed E-state index contributed by atoms with van der Waals surface area (Å²) in [6.45, 7) is 6.63. The molecule has 0 saturated carbocycles. The van der Waals surface area contributed by atoms with E-state index in [4.69, 9.17) is 20.4 Å². The molecule has 0 spiro atoms. The number of nitrogens with zero attached hydrogens (tertiary/aromatic N) is 6. The number of nitrogens with two attached hydrogens (primary N) is 1. The van der Waals surface area contributed by atoms with Gasteiger partial charge in [0.25, 0.3) is 22.7 Å². The molecular weight excluding hydrogens is 795 g/mol. The minimum absolute atomic E-state index is 0. The SMILES string of the molecule is C1=C(C2CC[N-]CC2)CC[N-]C1.Cc1c([N+](=O)[O-])cc(C(O)O)cc1[N+](=O)[O-].Cc1c([N+](=O)[O-])cc(C(O)O)cc1[N+](=O)[O-].O.[Co+2].[Co].[Co].[NH2-]. The molecule has 2 aromatic rings. The van der Waals surface area contributed by atoms with Crippen LogP contribution in [0.1, 0.15) is 54.1 Å². The molecule has 0 unspecified atom stereocenters. The molecule has 2 heterocycles. The Morgan fingerprint density at radius 2 is 1.00 bits per heavy atom. The molecule has 2 aliphatic heterocycles. The molecule has 8 N–H and O–H groups in total. The zero-order valence-corrected chi connectivity index (χ0v) is 29.0. The average Bonchev–Trinajstić information content (AvgIpc) is 2.98. The number of benzene rings is 2. The van der Waals surface area contributed by atoms with Gasteiger partial charge in [0, 0.05) is 68.9 Å². The van der Waals surface area contributed by atoms with Gasteiger partial charge in [0.2, 0.25) is 0 Å². The summed E-state index contributed by atoms with van der Waals surface area (Å²) in [5.41, 5.74) is -1.23. The zero-order chi connectivity index (χ0) is 33.1. The van der Waals surface area contributed by atoms with E-state index in [9.17, 15) is 40.5 Å². The van der Waals surface area contributed by atoms with Crippen LogP contribution in [0.2, 0.25) is 0 Å². The van der Waals surface area contributed by atoms with Gasteiger partial charge in [-0.3, -0.25) is 40.5 Å². The predicted molar refractivity (Wildman–Crippen MR) is 164 cm³/mol. The Balaban J connectivity index is -0.000000297. The van der Waals surface area contributed by atoms with Crippen LogP contribution in [0.4, 0.5) is 22.7 Å². The zero-order valence-electron chi connectivity index (χ0n) is 25.9. The van der Waals surface area contributed by atoms with Crippen molar-refractivity contribution < 1.29 is 95.9 Å². The molecule has 2 aliphatic rings. The summed E-state index contributed by atoms with van der Waals surface area (Å²) in [7, 11) is 0. The van der Waals surface area contributed by atoms with Crippen LogP contribution in [-0.2, 0) is 50.3 Å². The van der Waals surface area contributed by atoms with E-state index in [1.165, 1.54) is 33.1 Å². The van der Waals surface area contributed by atoms with Crippen molar-refractivity contribution in [1.29, 1.82) is 0 Å². The third kappa shape index (κ3) is 15.6. The largest absolute Gasteiger partial charge is 2.00 e. The molecule has 20 nitrogen and oxygen atoms in total. The second kappa shape index (κ2) is 25.0. The van der Waals surface area contributed by atoms with Crippen LogP contribution in [0.5, 0.6) is 0 Å². The van der Waals surface area contributed by atoms with Crippen molar-refractivity contribution in [2.45, 2.75) is 45.7 Å². The Bertz CT molecular complexity index is 1270. The smallest absolute Gasteiger partial charge is 0.693 e. The van der Waals surface area contributed by atoms with E-state index in [1.807, 2.05) is 0 Å². The number of nitro benzene ring substituents is 4. The van der Waals surface area contributed by atoms with Crippen molar-refractivity contribution in [2.75, 3.05) is 26.2 Å².